The number of amidine groups is 1. The number of aromatic amines is 1. The highest BCUT2D eigenvalue weighted by atomic mass is 16.1. The van der Waals surface area contributed by atoms with Gasteiger partial charge in [0.1, 0.15) is 5.84 Å². The van der Waals surface area contributed by atoms with Crippen molar-refractivity contribution in [3.05, 3.63) is 11.8 Å². The second kappa shape index (κ2) is 3.66. The second-order valence-electron chi connectivity index (χ2n) is 2.36. The molecule has 0 spiro atoms. The van der Waals surface area contributed by atoms with Gasteiger partial charge in [0.2, 0.25) is 6.41 Å². The highest BCUT2D eigenvalue weighted by Gasteiger charge is 1.97. The molecule has 1 aromatic heterocycles. The first-order valence-electron chi connectivity index (χ1n) is 3.49. The van der Waals surface area contributed by atoms with Crippen LogP contribution in [0.2, 0.25) is 0 Å². The van der Waals surface area contributed by atoms with Gasteiger partial charge in [-0.05, 0) is 13.8 Å². The maximum Gasteiger partial charge on any atom is 0.212 e. The first-order valence-corrected chi connectivity index (χ1v) is 3.49. The first kappa shape index (κ1) is 8.45. The Morgan fingerprint density at radius 1 is 1.83 bits per heavy atom. The van der Waals surface area contributed by atoms with Gasteiger partial charge in [-0.2, -0.15) is 5.10 Å². The zero-order valence-corrected chi connectivity index (χ0v) is 6.96. The summed E-state index contributed by atoms with van der Waals surface area (Å²) in [5, 5.41) is 8.92. The largest absolute Gasteiger partial charge is 0.317 e. The number of carbonyl (C=O) groups excluding carboxylic acids is 1. The normalized spacial score (nSPS) is 11.3. The van der Waals surface area contributed by atoms with Gasteiger partial charge in [0.15, 0.2) is 5.82 Å². The molecule has 0 fully saturated rings. The van der Waals surface area contributed by atoms with Crippen molar-refractivity contribution in [1.82, 2.24) is 15.5 Å². The van der Waals surface area contributed by atoms with E-state index in [2.05, 4.69) is 20.5 Å². The molecule has 0 saturated heterocycles. The monoisotopic (exact) mass is 166 g/mol. The van der Waals surface area contributed by atoms with Crippen LogP contribution < -0.4 is 5.32 Å². The van der Waals surface area contributed by atoms with E-state index in [1.165, 1.54) is 0 Å². The van der Waals surface area contributed by atoms with Crippen molar-refractivity contribution in [2.24, 2.45) is 4.99 Å². The Bertz CT molecular complexity index is 302. The van der Waals surface area contributed by atoms with Gasteiger partial charge >= 0.3 is 0 Å². The Morgan fingerprint density at radius 3 is 3.08 bits per heavy atom. The van der Waals surface area contributed by atoms with E-state index in [0.717, 1.165) is 5.56 Å². The minimum absolute atomic E-state index is 0.539. The summed E-state index contributed by atoms with van der Waals surface area (Å²) in [6.07, 6.45) is 2.26. The molecule has 5 heteroatoms. The topological polar surface area (TPSA) is 70.1 Å². The number of nitrogens with one attached hydrogen (secondary N) is 2. The quantitative estimate of drug-likeness (QED) is 0.382. The summed E-state index contributed by atoms with van der Waals surface area (Å²) in [5.41, 5.74) is 0.946. The molecule has 0 saturated carbocycles. The van der Waals surface area contributed by atoms with Crippen molar-refractivity contribution in [3.63, 3.8) is 0 Å². The van der Waals surface area contributed by atoms with Crippen LogP contribution >= 0.6 is 0 Å². The molecule has 0 aliphatic heterocycles. The van der Waals surface area contributed by atoms with Crippen molar-refractivity contribution < 1.29 is 4.79 Å². The third-order valence-electron chi connectivity index (χ3n) is 1.35. The molecule has 0 aromatic carbocycles. The Labute approximate surface area is 69.9 Å². The third-order valence-corrected chi connectivity index (χ3v) is 1.35. The third kappa shape index (κ3) is 1.91. The van der Waals surface area contributed by atoms with Gasteiger partial charge in [0, 0.05) is 5.56 Å². The maximum absolute atomic E-state index is 10.0. The number of carbonyl (C=O) groups is 1. The SMILES string of the molecule is C/C(=N/c1[nH]ncc1C)NC=O. The molecule has 1 heterocycles. The molecular formula is C7H10N4O. The van der Waals surface area contributed by atoms with Crippen molar-refractivity contribution in [2.45, 2.75) is 13.8 Å². The van der Waals surface area contributed by atoms with Crippen LogP contribution in [0.4, 0.5) is 5.82 Å². The van der Waals surface area contributed by atoms with Gasteiger partial charge in [0.25, 0.3) is 0 Å². The van der Waals surface area contributed by atoms with Crippen molar-refractivity contribution >= 4 is 18.1 Å². The van der Waals surface area contributed by atoms with Gasteiger partial charge in [-0.1, -0.05) is 0 Å². The molecule has 0 bridgehead atoms. The lowest BCUT2D eigenvalue weighted by molar-refractivity contribution is -0.108. The van der Waals surface area contributed by atoms with Crippen molar-refractivity contribution in [1.29, 1.82) is 0 Å². The summed E-state index contributed by atoms with van der Waals surface area (Å²) in [6, 6.07) is 0. The summed E-state index contributed by atoms with van der Waals surface area (Å²) in [6.45, 7) is 3.59. The standard InChI is InChI=1S/C7H10N4O/c1-5-3-9-11-7(5)10-6(2)8-4-12/h3-4H,1-2H3,(H2,8,9,10,11,12). The minimum Gasteiger partial charge on any atom is -0.317 e. The van der Waals surface area contributed by atoms with E-state index in [1.54, 1.807) is 13.1 Å². The molecule has 0 aliphatic carbocycles. The lowest BCUT2D eigenvalue weighted by Gasteiger charge is -1.95. The lowest BCUT2D eigenvalue weighted by atomic mass is 10.4. The number of amides is 1. The molecule has 0 radical (unpaired) electrons. The van der Waals surface area contributed by atoms with Gasteiger partial charge in [0.05, 0.1) is 6.20 Å². The fraction of sp³-hybridized carbons (Fsp3) is 0.286. The maximum atomic E-state index is 10.0. The van der Waals surface area contributed by atoms with E-state index in [1.807, 2.05) is 6.92 Å². The Balaban J connectivity index is 2.79. The van der Waals surface area contributed by atoms with Crippen LogP contribution in [0.1, 0.15) is 12.5 Å². The zero-order chi connectivity index (χ0) is 8.97. The minimum atomic E-state index is 0.539. The summed E-state index contributed by atoms with van der Waals surface area (Å²) >= 11 is 0. The highest BCUT2D eigenvalue weighted by Crippen LogP contribution is 2.11. The van der Waals surface area contributed by atoms with Crippen LogP contribution in [0.25, 0.3) is 0 Å². The number of rotatable bonds is 2. The van der Waals surface area contributed by atoms with Crippen LogP contribution in [0.5, 0.6) is 0 Å². The summed E-state index contributed by atoms with van der Waals surface area (Å²) in [5.74, 6) is 1.21. The molecule has 0 atom stereocenters. The number of aliphatic imine (C=N–C) groups is 1. The molecule has 1 rings (SSSR count). The summed E-state index contributed by atoms with van der Waals surface area (Å²) < 4.78 is 0. The number of nitrogens with zero attached hydrogens (tertiary/aromatic N) is 2. The number of aryl methyl sites for hydroxylation is 1. The van der Waals surface area contributed by atoms with E-state index < -0.39 is 0 Å². The van der Waals surface area contributed by atoms with Crippen LogP contribution in [0, 0.1) is 6.92 Å². The van der Waals surface area contributed by atoms with Crippen LogP contribution in [-0.2, 0) is 4.79 Å². The Kier molecular flexibility index (Phi) is 2.57. The molecule has 5 nitrogen and oxygen atoms in total. The number of aromatic nitrogens is 2. The lowest BCUT2D eigenvalue weighted by Crippen LogP contribution is -2.17. The number of hydrogen-bond donors (Lipinski definition) is 2. The van der Waals surface area contributed by atoms with E-state index in [0.29, 0.717) is 18.1 Å². The van der Waals surface area contributed by atoms with E-state index in [-0.39, 0.29) is 0 Å². The molecule has 2 N–H and O–H groups in total. The smallest absolute Gasteiger partial charge is 0.212 e. The van der Waals surface area contributed by atoms with Crippen molar-refractivity contribution in [3.8, 4) is 0 Å². The van der Waals surface area contributed by atoms with Crippen LogP contribution in [0.3, 0.4) is 0 Å². The molecule has 64 valence electrons. The van der Waals surface area contributed by atoms with E-state index >= 15 is 0 Å². The summed E-state index contributed by atoms with van der Waals surface area (Å²) in [7, 11) is 0. The number of hydrogen-bond acceptors (Lipinski definition) is 3. The highest BCUT2D eigenvalue weighted by molar-refractivity contribution is 5.90. The van der Waals surface area contributed by atoms with Crippen LogP contribution in [-0.4, -0.2) is 22.4 Å². The molecule has 0 aliphatic rings. The molecule has 1 aromatic rings. The zero-order valence-electron chi connectivity index (χ0n) is 6.96. The second-order valence-corrected chi connectivity index (χ2v) is 2.36. The van der Waals surface area contributed by atoms with Gasteiger partial charge in [-0.15, -0.1) is 0 Å². The molecule has 12 heavy (non-hydrogen) atoms. The van der Waals surface area contributed by atoms with Crippen LogP contribution in [0.15, 0.2) is 11.2 Å². The predicted octanol–water partition coefficient (Wildman–Crippen LogP) is 0.514. The molecular weight excluding hydrogens is 156 g/mol. The fourth-order valence-electron chi connectivity index (χ4n) is 0.738. The van der Waals surface area contributed by atoms with Crippen molar-refractivity contribution in [2.75, 3.05) is 0 Å². The van der Waals surface area contributed by atoms with Gasteiger partial charge in [-0.25, -0.2) is 4.99 Å². The van der Waals surface area contributed by atoms with E-state index in [4.69, 9.17) is 0 Å². The summed E-state index contributed by atoms with van der Waals surface area (Å²) in [4.78, 5) is 14.1. The Morgan fingerprint density at radius 2 is 2.58 bits per heavy atom. The average molecular weight is 166 g/mol. The van der Waals surface area contributed by atoms with E-state index in [9.17, 15) is 4.79 Å². The first-order chi connectivity index (χ1) is 5.74. The predicted molar refractivity (Wildman–Crippen MR) is 45.3 cm³/mol. The Hall–Kier alpha value is -1.65. The average Bonchev–Trinajstić information content (AvgIpc) is 2.37. The molecule has 0 unspecified atom stereocenters. The van der Waals surface area contributed by atoms with Gasteiger partial charge in [-0.3, -0.25) is 9.89 Å². The number of H-pyrrole nitrogens is 1. The van der Waals surface area contributed by atoms with Gasteiger partial charge < -0.3 is 5.32 Å². The fourth-order valence-corrected chi connectivity index (χ4v) is 0.738. The molecule has 1 amide bonds.